The van der Waals surface area contributed by atoms with Crippen molar-refractivity contribution in [1.82, 2.24) is 0 Å². The van der Waals surface area contributed by atoms with Crippen LogP contribution in [0.2, 0.25) is 0 Å². The Hall–Kier alpha value is -2.80. The van der Waals surface area contributed by atoms with E-state index in [0.29, 0.717) is 16.2 Å². The molecular formula is C18H17NO5S. The van der Waals surface area contributed by atoms with E-state index in [2.05, 4.69) is 0 Å². The Bertz CT molecular complexity index is 791. The Morgan fingerprint density at radius 2 is 1.64 bits per heavy atom. The van der Waals surface area contributed by atoms with E-state index >= 15 is 0 Å². The number of hydrogen-bond donors (Lipinski definition) is 1. The van der Waals surface area contributed by atoms with E-state index in [1.165, 1.54) is 7.11 Å². The smallest absolute Gasteiger partial charge is 0.339 e. The maximum absolute atomic E-state index is 12.3. The number of ether oxygens (including phenoxy) is 2. The molecule has 2 aromatic carbocycles. The number of primary amides is 1. The van der Waals surface area contributed by atoms with Gasteiger partial charge in [-0.05, 0) is 24.3 Å². The summed E-state index contributed by atoms with van der Waals surface area (Å²) in [5, 5.41) is 0. The van der Waals surface area contributed by atoms with Crippen LogP contribution in [0.1, 0.15) is 20.7 Å². The lowest BCUT2D eigenvalue weighted by atomic mass is 10.1. The second kappa shape index (κ2) is 8.89. The zero-order chi connectivity index (χ0) is 18.2. The molecule has 0 heterocycles. The maximum atomic E-state index is 12.3. The van der Waals surface area contributed by atoms with Crippen LogP contribution < -0.4 is 10.5 Å². The van der Waals surface area contributed by atoms with Gasteiger partial charge in [-0.1, -0.05) is 24.3 Å². The van der Waals surface area contributed by atoms with Crippen molar-refractivity contribution < 1.29 is 23.9 Å². The summed E-state index contributed by atoms with van der Waals surface area (Å²) in [7, 11) is 1.46. The minimum absolute atomic E-state index is 0.0461. The summed E-state index contributed by atoms with van der Waals surface area (Å²) < 4.78 is 10.2. The lowest BCUT2D eigenvalue weighted by molar-refractivity contribution is -0.115. The fraction of sp³-hybridized carbons (Fsp3) is 0.167. The lowest BCUT2D eigenvalue weighted by Gasteiger charge is -2.10. The van der Waals surface area contributed by atoms with Gasteiger partial charge in [-0.3, -0.25) is 9.59 Å². The molecule has 0 fully saturated rings. The van der Waals surface area contributed by atoms with E-state index in [9.17, 15) is 14.4 Å². The van der Waals surface area contributed by atoms with Gasteiger partial charge in [-0.15, -0.1) is 11.8 Å². The quantitative estimate of drug-likeness (QED) is 0.441. The molecule has 7 heteroatoms. The molecule has 0 spiro atoms. The van der Waals surface area contributed by atoms with Gasteiger partial charge < -0.3 is 15.2 Å². The molecule has 0 aliphatic heterocycles. The molecule has 0 unspecified atom stereocenters. The second-order valence-corrected chi connectivity index (χ2v) is 5.97. The molecule has 0 aliphatic carbocycles. The first-order valence-electron chi connectivity index (χ1n) is 7.36. The zero-order valence-electron chi connectivity index (χ0n) is 13.6. The minimum atomic E-state index is -0.643. The molecule has 130 valence electrons. The number of esters is 1. The van der Waals surface area contributed by atoms with E-state index in [-0.39, 0.29) is 17.1 Å². The highest BCUT2D eigenvalue weighted by molar-refractivity contribution is 8.00. The van der Waals surface area contributed by atoms with Crippen LogP contribution in [0.3, 0.4) is 0 Å². The number of ketones is 1. The second-order valence-electron chi connectivity index (χ2n) is 4.95. The molecule has 0 saturated carbocycles. The Kier molecular flexibility index (Phi) is 6.59. The normalized spacial score (nSPS) is 10.1. The molecule has 0 aromatic heterocycles. The van der Waals surface area contributed by atoms with Crippen LogP contribution in [0.15, 0.2) is 53.4 Å². The first kappa shape index (κ1) is 18.5. The highest BCUT2D eigenvalue weighted by Crippen LogP contribution is 2.23. The van der Waals surface area contributed by atoms with Crippen LogP contribution >= 0.6 is 11.8 Å². The van der Waals surface area contributed by atoms with Crippen molar-refractivity contribution in [3.05, 3.63) is 59.7 Å². The van der Waals surface area contributed by atoms with Crippen molar-refractivity contribution in [2.75, 3.05) is 19.5 Å². The van der Waals surface area contributed by atoms with E-state index in [1.807, 2.05) is 0 Å². The summed E-state index contributed by atoms with van der Waals surface area (Å²) >= 11 is 1.14. The van der Waals surface area contributed by atoms with Gasteiger partial charge in [0.05, 0.1) is 24.0 Å². The minimum Gasteiger partial charge on any atom is -0.496 e. The standard InChI is InChI=1S/C18H17NO5S/c1-23-15-8-4-2-6-12(15)14(20)10-24-18(22)13-7-3-5-9-16(13)25-11-17(19)21/h2-9H,10-11H2,1H3,(H2,19,21). The molecule has 2 rings (SSSR count). The summed E-state index contributed by atoms with van der Waals surface area (Å²) in [5.41, 5.74) is 5.75. The van der Waals surface area contributed by atoms with Crippen LogP contribution in [0.25, 0.3) is 0 Å². The fourth-order valence-corrected chi connectivity index (χ4v) is 2.85. The van der Waals surface area contributed by atoms with Crippen molar-refractivity contribution >= 4 is 29.4 Å². The molecule has 2 aromatic rings. The van der Waals surface area contributed by atoms with E-state index in [1.54, 1.807) is 48.5 Å². The zero-order valence-corrected chi connectivity index (χ0v) is 14.4. The molecular weight excluding hydrogens is 342 g/mol. The van der Waals surface area contributed by atoms with E-state index in [0.717, 1.165) is 11.8 Å². The molecule has 0 radical (unpaired) electrons. The summed E-state index contributed by atoms with van der Waals surface area (Å²) in [6.45, 7) is -0.409. The number of hydrogen-bond acceptors (Lipinski definition) is 6. The third-order valence-electron chi connectivity index (χ3n) is 3.22. The number of carbonyl (C=O) groups excluding carboxylic acids is 3. The van der Waals surface area contributed by atoms with Gasteiger partial charge >= 0.3 is 5.97 Å². The monoisotopic (exact) mass is 359 g/mol. The fourth-order valence-electron chi connectivity index (χ4n) is 2.07. The number of methoxy groups -OCH3 is 1. The lowest BCUT2D eigenvalue weighted by Crippen LogP contribution is -2.16. The number of benzene rings is 2. The van der Waals surface area contributed by atoms with Gasteiger partial charge in [0, 0.05) is 4.90 Å². The molecule has 0 saturated heterocycles. The summed E-state index contributed by atoms with van der Waals surface area (Å²) in [4.78, 5) is 36.0. The molecule has 1 amide bonds. The van der Waals surface area contributed by atoms with Crippen LogP contribution in [-0.4, -0.2) is 37.1 Å². The number of carbonyl (C=O) groups is 3. The van der Waals surface area contributed by atoms with Gasteiger partial charge in [0.15, 0.2) is 6.61 Å². The number of thioether (sulfide) groups is 1. The van der Waals surface area contributed by atoms with Crippen LogP contribution in [0.4, 0.5) is 0 Å². The van der Waals surface area contributed by atoms with Crippen molar-refractivity contribution in [3.63, 3.8) is 0 Å². The number of nitrogens with two attached hydrogens (primary N) is 1. The molecule has 0 aliphatic rings. The van der Waals surface area contributed by atoms with Gasteiger partial charge in [0.2, 0.25) is 11.7 Å². The number of Topliss-reactive ketones (excluding diaryl/α,β-unsaturated/α-hetero) is 1. The predicted octanol–water partition coefficient (Wildman–Crippen LogP) is 2.31. The Morgan fingerprint density at radius 1 is 1.00 bits per heavy atom. The van der Waals surface area contributed by atoms with Crippen molar-refractivity contribution in [2.45, 2.75) is 4.90 Å². The number of rotatable bonds is 8. The Balaban J connectivity index is 2.05. The number of amides is 1. The Labute approximate surface area is 149 Å². The van der Waals surface area contributed by atoms with Gasteiger partial charge in [-0.2, -0.15) is 0 Å². The SMILES string of the molecule is COc1ccccc1C(=O)COC(=O)c1ccccc1SCC(N)=O. The molecule has 25 heavy (non-hydrogen) atoms. The topological polar surface area (TPSA) is 95.7 Å². The Morgan fingerprint density at radius 3 is 2.32 bits per heavy atom. The number of para-hydroxylation sites is 1. The summed E-state index contributed by atoms with van der Waals surface area (Å²) in [6.07, 6.45) is 0. The maximum Gasteiger partial charge on any atom is 0.339 e. The van der Waals surface area contributed by atoms with Crippen molar-refractivity contribution in [2.24, 2.45) is 5.73 Å². The molecule has 0 bridgehead atoms. The highest BCUT2D eigenvalue weighted by atomic mass is 32.2. The highest BCUT2D eigenvalue weighted by Gasteiger charge is 2.17. The van der Waals surface area contributed by atoms with Crippen LogP contribution in [0, 0.1) is 0 Å². The van der Waals surface area contributed by atoms with Crippen LogP contribution in [0.5, 0.6) is 5.75 Å². The first-order valence-corrected chi connectivity index (χ1v) is 8.35. The average Bonchev–Trinajstić information content (AvgIpc) is 2.64. The van der Waals surface area contributed by atoms with Gasteiger partial charge in [-0.25, -0.2) is 4.79 Å². The molecule has 0 atom stereocenters. The predicted molar refractivity (Wildman–Crippen MR) is 94.0 cm³/mol. The van der Waals surface area contributed by atoms with Crippen molar-refractivity contribution in [1.29, 1.82) is 0 Å². The first-order chi connectivity index (χ1) is 12.0. The van der Waals surface area contributed by atoms with Crippen LogP contribution in [-0.2, 0) is 9.53 Å². The van der Waals surface area contributed by atoms with E-state index < -0.39 is 18.5 Å². The van der Waals surface area contributed by atoms with Gasteiger partial charge in [0.25, 0.3) is 0 Å². The third-order valence-corrected chi connectivity index (χ3v) is 4.31. The summed E-state index contributed by atoms with van der Waals surface area (Å²) in [6, 6.07) is 13.4. The summed E-state index contributed by atoms with van der Waals surface area (Å²) in [5.74, 6) is -1.03. The van der Waals surface area contributed by atoms with Crippen molar-refractivity contribution in [3.8, 4) is 5.75 Å². The average molecular weight is 359 g/mol. The molecule has 2 N–H and O–H groups in total. The largest absolute Gasteiger partial charge is 0.496 e. The molecule has 6 nitrogen and oxygen atoms in total. The van der Waals surface area contributed by atoms with E-state index in [4.69, 9.17) is 15.2 Å². The third kappa shape index (κ3) is 5.09. The van der Waals surface area contributed by atoms with Gasteiger partial charge in [0.1, 0.15) is 5.75 Å².